The van der Waals surface area contributed by atoms with E-state index >= 15 is 0 Å². The Kier molecular flexibility index (Phi) is 5.10. The topological polar surface area (TPSA) is 42.0 Å². The molecule has 1 N–H and O–H groups in total. The van der Waals surface area contributed by atoms with E-state index in [-0.39, 0.29) is 5.91 Å². The molecule has 1 amide bonds. The molecule has 118 valence electrons. The van der Waals surface area contributed by atoms with Crippen molar-refractivity contribution in [3.05, 3.63) is 62.9 Å². The third kappa shape index (κ3) is 3.99. The van der Waals surface area contributed by atoms with Gasteiger partial charge in [0.15, 0.2) is 0 Å². The number of halogens is 1. The van der Waals surface area contributed by atoms with Crippen molar-refractivity contribution < 1.29 is 4.79 Å². The fourth-order valence-corrected chi connectivity index (χ4v) is 4.20. The summed E-state index contributed by atoms with van der Waals surface area (Å²) in [7, 11) is 0. The van der Waals surface area contributed by atoms with E-state index in [0.717, 1.165) is 27.6 Å². The Bertz CT molecular complexity index is 812. The van der Waals surface area contributed by atoms with Gasteiger partial charge in [-0.25, -0.2) is 4.98 Å². The minimum Gasteiger partial charge on any atom is -0.351 e. The second-order valence-electron chi connectivity index (χ2n) is 5.05. The second-order valence-corrected chi connectivity index (χ2v) is 7.43. The number of carbonyl (C=O) groups excluding carboxylic acids is 1. The van der Waals surface area contributed by atoms with Crippen molar-refractivity contribution >= 4 is 40.2 Å². The van der Waals surface area contributed by atoms with Crippen molar-refractivity contribution in [3.63, 3.8) is 0 Å². The molecule has 0 spiro atoms. The lowest BCUT2D eigenvalue weighted by Crippen LogP contribution is -2.25. The Hall–Kier alpha value is -1.69. The van der Waals surface area contributed by atoms with E-state index < -0.39 is 0 Å². The summed E-state index contributed by atoms with van der Waals surface area (Å²) in [6.07, 6.45) is 0.752. The third-order valence-electron chi connectivity index (χ3n) is 3.32. The molecule has 6 heteroatoms. The van der Waals surface area contributed by atoms with Crippen LogP contribution in [0.5, 0.6) is 0 Å². The van der Waals surface area contributed by atoms with Crippen LogP contribution in [0.3, 0.4) is 0 Å². The summed E-state index contributed by atoms with van der Waals surface area (Å²) in [6, 6.07) is 11.7. The smallest absolute Gasteiger partial charge is 0.263 e. The molecule has 0 aliphatic heterocycles. The summed E-state index contributed by atoms with van der Waals surface area (Å²) < 4.78 is 0. The first-order valence-electron chi connectivity index (χ1n) is 7.17. The van der Waals surface area contributed by atoms with Gasteiger partial charge in [0.2, 0.25) is 0 Å². The first-order valence-corrected chi connectivity index (χ1v) is 9.25. The van der Waals surface area contributed by atoms with Crippen LogP contribution in [-0.4, -0.2) is 17.4 Å². The lowest BCUT2D eigenvalue weighted by atomic mass is 10.1. The largest absolute Gasteiger partial charge is 0.351 e. The van der Waals surface area contributed by atoms with Crippen LogP contribution in [0.25, 0.3) is 9.88 Å². The first kappa shape index (κ1) is 16.2. The molecular weight excluding hydrogens is 348 g/mol. The number of hydrogen-bond acceptors (Lipinski definition) is 4. The molecule has 0 fully saturated rings. The lowest BCUT2D eigenvalue weighted by Gasteiger charge is -2.04. The highest BCUT2D eigenvalue weighted by atomic mass is 35.5. The van der Waals surface area contributed by atoms with E-state index in [0.29, 0.717) is 16.4 Å². The van der Waals surface area contributed by atoms with Crippen LogP contribution in [0.15, 0.2) is 41.8 Å². The summed E-state index contributed by atoms with van der Waals surface area (Å²) in [5, 5.41) is 6.58. The fraction of sp³-hybridized carbons (Fsp3) is 0.176. The highest BCUT2D eigenvalue weighted by Crippen LogP contribution is 2.30. The minimum atomic E-state index is -0.0650. The second kappa shape index (κ2) is 7.25. The average molecular weight is 363 g/mol. The first-order chi connectivity index (χ1) is 11.1. The fourth-order valence-electron chi connectivity index (χ4n) is 2.21. The van der Waals surface area contributed by atoms with Gasteiger partial charge in [0.1, 0.15) is 9.88 Å². The van der Waals surface area contributed by atoms with E-state index in [1.807, 2.05) is 48.7 Å². The molecule has 3 aromatic rings. The van der Waals surface area contributed by atoms with Crippen molar-refractivity contribution in [2.75, 3.05) is 6.54 Å². The zero-order valence-corrected chi connectivity index (χ0v) is 14.9. The predicted molar refractivity (Wildman–Crippen MR) is 97.7 cm³/mol. The van der Waals surface area contributed by atoms with E-state index in [1.54, 1.807) is 11.3 Å². The molecule has 2 aromatic heterocycles. The number of rotatable bonds is 5. The molecule has 0 saturated heterocycles. The van der Waals surface area contributed by atoms with Gasteiger partial charge in [0.25, 0.3) is 5.91 Å². The standard InChI is InChI=1S/C17H15ClN2OS2/c1-11-15(23-17(20-11)14-6-3-9-22-14)16(21)19-8-7-12-4-2-5-13(18)10-12/h2-6,9-10H,7-8H2,1H3,(H,19,21). The molecule has 0 unspecified atom stereocenters. The number of nitrogens with one attached hydrogen (secondary N) is 1. The highest BCUT2D eigenvalue weighted by molar-refractivity contribution is 7.22. The molecule has 0 aliphatic rings. The van der Waals surface area contributed by atoms with Crippen LogP contribution in [-0.2, 0) is 6.42 Å². The van der Waals surface area contributed by atoms with Crippen LogP contribution in [0.2, 0.25) is 5.02 Å². The maximum absolute atomic E-state index is 12.3. The van der Waals surface area contributed by atoms with Crippen molar-refractivity contribution in [1.29, 1.82) is 0 Å². The maximum Gasteiger partial charge on any atom is 0.263 e. The van der Waals surface area contributed by atoms with Gasteiger partial charge in [-0.15, -0.1) is 22.7 Å². The van der Waals surface area contributed by atoms with Crippen LogP contribution in [0.1, 0.15) is 20.9 Å². The predicted octanol–water partition coefficient (Wildman–Crippen LogP) is 4.81. The van der Waals surface area contributed by atoms with E-state index in [1.165, 1.54) is 11.3 Å². The van der Waals surface area contributed by atoms with Gasteiger partial charge < -0.3 is 5.32 Å². The molecule has 2 heterocycles. The Labute approximate surface area is 148 Å². The summed E-state index contributed by atoms with van der Waals surface area (Å²) >= 11 is 9.03. The van der Waals surface area contributed by atoms with E-state index in [9.17, 15) is 4.79 Å². The number of aryl methyl sites for hydroxylation is 1. The summed E-state index contributed by atoms with van der Waals surface area (Å²) in [4.78, 5) is 18.6. The molecule has 0 atom stereocenters. The molecule has 23 heavy (non-hydrogen) atoms. The van der Waals surface area contributed by atoms with Gasteiger partial charge in [0.05, 0.1) is 10.6 Å². The van der Waals surface area contributed by atoms with E-state index in [4.69, 9.17) is 11.6 Å². The number of hydrogen-bond donors (Lipinski definition) is 1. The van der Waals surface area contributed by atoms with Crippen LogP contribution in [0, 0.1) is 6.92 Å². The SMILES string of the molecule is Cc1nc(-c2cccs2)sc1C(=O)NCCc1cccc(Cl)c1. The molecule has 0 saturated carbocycles. The van der Waals surface area contributed by atoms with Gasteiger partial charge in [-0.1, -0.05) is 29.8 Å². The number of aromatic nitrogens is 1. The molecule has 3 rings (SSSR count). The highest BCUT2D eigenvalue weighted by Gasteiger charge is 2.16. The number of carbonyl (C=O) groups is 1. The molecule has 0 radical (unpaired) electrons. The monoisotopic (exact) mass is 362 g/mol. The van der Waals surface area contributed by atoms with Gasteiger partial charge in [-0.3, -0.25) is 4.79 Å². The maximum atomic E-state index is 12.3. The Balaban J connectivity index is 1.62. The minimum absolute atomic E-state index is 0.0650. The van der Waals surface area contributed by atoms with E-state index in [2.05, 4.69) is 10.3 Å². The molecule has 1 aromatic carbocycles. The number of nitrogens with zero attached hydrogens (tertiary/aromatic N) is 1. The lowest BCUT2D eigenvalue weighted by molar-refractivity contribution is 0.0957. The van der Waals surface area contributed by atoms with Gasteiger partial charge in [-0.05, 0) is 42.5 Å². The number of amides is 1. The Morgan fingerprint density at radius 3 is 2.91 bits per heavy atom. The van der Waals surface area contributed by atoms with Crippen LogP contribution < -0.4 is 5.32 Å². The van der Waals surface area contributed by atoms with Crippen LogP contribution in [0.4, 0.5) is 0 Å². The van der Waals surface area contributed by atoms with Crippen LogP contribution >= 0.6 is 34.3 Å². The quantitative estimate of drug-likeness (QED) is 0.707. The summed E-state index contributed by atoms with van der Waals surface area (Å²) in [6.45, 7) is 2.45. The van der Waals surface area contributed by atoms with Crippen molar-refractivity contribution in [2.45, 2.75) is 13.3 Å². The Morgan fingerprint density at radius 2 is 2.17 bits per heavy atom. The average Bonchev–Trinajstić information content (AvgIpc) is 3.16. The summed E-state index contributed by atoms with van der Waals surface area (Å²) in [5.41, 5.74) is 1.89. The normalized spacial score (nSPS) is 10.7. The Morgan fingerprint density at radius 1 is 1.30 bits per heavy atom. The molecule has 0 bridgehead atoms. The van der Waals surface area contributed by atoms with Gasteiger partial charge >= 0.3 is 0 Å². The van der Waals surface area contributed by atoms with Gasteiger partial charge in [-0.2, -0.15) is 0 Å². The number of thiophene rings is 1. The molecule has 3 nitrogen and oxygen atoms in total. The zero-order chi connectivity index (χ0) is 16.2. The van der Waals surface area contributed by atoms with Crippen molar-refractivity contribution in [2.24, 2.45) is 0 Å². The molecule has 0 aliphatic carbocycles. The third-order valence-corrected chi connectivity index (χ3v) is 5.75. The number of thiazole rings is 1. The molecular formula is C17H15ClN2OS2. The van der Waals surface area contributed by atoms with Crippen molar-refractivity contribution in [1.82, 2.24) is 10.3 Å². The summed E-state index contributed by atoms with van der Waals surface area (Å²) in [5.74, 6) is -0.0650. The number of benzene rings is 1. The van der Waals surface area contributed by atoms with Gasteiger partial charge in [0, 0.05) is 11.6 Å². The van der Waals surface area contributed by atoms with Crippen molar-refractivity contribution in [3.8, 4) is 9.88 Å². The zero-order valence-electron chi connectivity index (χ0n) is 12.5.